The molecule has 3 atom stereocenters. The number of nitrogens with zero attached hydrogens (tertiary/aromatic N) is 1. The van der Waals surface area contributed by atoms with Crippen molar-refractivity contribution in [3.63, 3.8) is 0 Å². The second-order valence-electron chi connectivity index (χ2n) is 6.42. The number of piperidine rings is 1. The second-order valence-corrected chi connectivity index (χ2v) is 6.42. The minimum atomic E-state index is -4.21. The van der Waals surface area contributed by atoms with Crippen molar-refractivity contribution >= 4 is 0 Å². The van der Waals surface area contributed by atoms with Crippen molar-refractivity contribution in [2.24, 2.45) is 23.2 Å². The third-order valence-corrected chi connectivity index (χ3v) is 5.63. The molecule has 0 spiro atoms. The van der Waals surface area contributed by atoms with Gasteiger partial charge in [0.25, 0.3) is 0 Å². The zero-order valence-corrected chi connectivity index (χ0v) is 12.7. The molecule has 0 aromatic rings. The van der Waals surface area contributed by atoms with Crippen molar-refractivity contribution in [3.05, 3.63) is 0 Å². The Morgan fingerprint density at radius 2 is 1.85 bits per heavy atom. The lowest BCUT2D eigenvalue weighted by atomic mass is 9.81. The van der Waals surface area contributed by atoms with Crippen LogP contribution in [0.1, 0.15) is 33.6 Å². The summed E-state index contributed by atoms with van der Waals surface area (Å²) in [6.07, 6.45) is -1.76. The highest BCUT2D eigenvalue weighted by molar-refractivity contribution is 5.16. The number of hydrogen-bond donors (Lipinski definition) is 0. The van der Waals surface area contributed by atoms with E-state index in [2.05, 4.69) is 25.7 Å². The summed E-state index contributed by atoms with van der Waals surface area (Å²) in [7, 11) is 0. The maximum absolute atomic E-state index is 12.0. The number of alkyl halides is 3. The van der Waals surface area contributed by atoms with E-state index in [4.69, 9.17) is 4.74 Å². The first-order valence-electron chi connectivity index (χ1n) is 7.72. The first-order valence-corrected chi connectivity index (χ1v) is 7.72. The van der Waals surface area contributed by atoms with Gasteiger partial charge in [0.15, 0.2) is 0 Å². The maximum atomic E-state index is 12.0. The summed E-state index contributed by atoms with van der Waals surface area (Å²) in [5.74, 6) is 2.27. The van der Waals surface area contributed by atoms with E-state index >= 15 is 0 Å². The number of likely N-dealkylation sites (tertiary alicyclic amines) is 1. The summed E-state index contributed by atoms with van der Waals surface area (Å²) in [4.78, 5) is 2.27. The van der Waals surface area contributed by atoms with Crippen LogP contribution in [0.5, 0.6) is 0 Å². The minimum absolute atomic E-state index is 0.182. The molecular formula is C15H26F3NO. The summed E-state index contributed by atoms with van der Waals surface area (Å²) < 4.78 is 40.6. The Labute approximate surface area is 119 Å². The molecule has 2 aliphatic rings. The third kappa shape index (κ3) is 2.98. The van der Waals surface area contributed by atoms with Gasteiger partial charge in [-0.25, -0.2) is 0 Å². The fourth-order valence-corrected chi connectivity index (χ4v) is 4.40. The zero-order chi connectivity index (χ0) is 15.0. The van der Waals surface area contributed by atoms with Crippen LogP contribution in [0.25, 0.3) is 0 Å². The topological polar surface area (TPSA) is 12.5 Å². The number of fused-ring (bicyclic) bond motifs is 1. The van der Waals surface area contributed by atoms with Crippen molar-refractivity contribution in [1.82, 2.24) is 4.90 Å². The Bertz CT molecular complexity index is 320. The van der Waals surface area contributed by atoms with Crippen molar-refractivity contribution in [2.75, 3.05) is 32.8 Å². The summed E-state index contributed by atoms with van der Waals surface area (Å²) in [6, 6.07) is 0. The van der Waals surface area contributed by atoms with E-state index in [9.17, 15) is 13.2 Å². The molecule has 2 fully saturated rings. The van der Waals surface area contributed by atoms with Gasteiger partial charge >= 0.3 is 6.18 Å². The van der Waals surface area contributed by atoms with Gasteiger partial charge in [0.2, 0.25) is 0 Å². The molecule has 2 rings (SSSR count). The summed E-state index contributed by atoms with van der Waals surface area (Å²) in [5, 5.41) is 0. The molecule has 1 aliphatic carbocycles. The monoisotopic (exact) mass is 293 g/mol. The van der Waals surface area contributed by atoms with Gasteiger partial charge < -0.3 is 9.64 Å². The lowest BCUT2D eigenvalue weighted by Gasteiger charge is -2.30. The standard InChI is InChI=1S/C15H26F3NO/c1-4-11(3)14(5-2)12-8-19(9-13(12)14)6-7-20-10-15(16,17)18/h11-13H,4-10H2,1-3H3. The van der Waals surface area contributed by atoms with E-state index in [1.54, 1.807) is 0 Å². The Hall–Kier alpha value is -0.290. The van der Waals surface area contributed by atoms with Gasteiger partial charge in [0, 0.05) is 19.6 Å². The van der Waals surface area contributed by atoms with Gasteiger partial charge in [-0.3, -0.25) is 0 Å². The van der Waals surface area contributed by atoms with Crippen molar-refractivity contribution in [3.8, 4) is 0 Å². The van der Waals surface area contributed by atoms with Crippen LogP contribution in [-0.2, 0) is 4.74 Å². The summed E-state index contributed by atoms with van der Waals surface area (Å²) >= 11 is 0. The molecule has 1 aliphatic heterocycles. The molecule has 3 unspecified atom stereocenters. The molecule has 2 nitrogen and oxygen atoms in total. The molecule has 0 amide bonds. The van der Waals surface area contributed by atoms with E-state index in [0.717, 1.165) is 30.8 Å². The molecule has 0 aromatic heterocycles. The van der Waals surface area contributed by atoms with Gasteiger partial charge in [0.1, 0.15) is 6.61 Å². The van der Waals surface area contributed by atoms with Crippen LogP contribution >= 0.6 is 0 Å². The third-order valence-electron chi connectivity index (χ3n) is 5.63. The molecule has 5 heteroatoms. The lowest BCUT2D eigenvalue weighted by molar-refractivity contribution is -0.174. The Kier molecular flexibility index (Phi) is 4.69. The number of halogens is 3. The largest absolute Gasteiger partial charge is 0.411 e. The first-order chi connectivity index (χ1) is 9.35. The van der Waals surface area contributed by atoms with E-state index in [0.29, 0.717) is 12.0 Å². The van der Waals surface area contributed by atoms with Crippen LogP contribution in [0.4, 0.5) is 13.2 Å². The van der Waals surface area contributed by atoms with E-state index in [-0.39, 0.29) is 6.61 Å². The molecule has 0 aromatic carbocycles. The van der Waals surface area contributed by atoms with E-state index < -0.39 is 12.8 Å². The number of ether oxygens (including phenoxy) is 1. The highest BCUT2D eigenvalue weighted by Crippen LogP contribution is 2.68. The van der Waals surface area contributed by atoms with Crippen LogP contribution in [0.3, 0.4) is 0 Å². The molecule has 0 bridgehead atoms. The van der Waals surface area contributed by atoms with Crippen molar-refractivity contribution < 1.29 is 17.9 Å². The quantitative estimate of drug-likeness (QED) is 0.665. The van der Waals surface area contributed by atoms with E-state index in [1.807, 2.05) is 0 Å². The van der Waals surface area contributed by atoms with Crippen LogP contribution in [-0.4, -0.2) is 43.9 Å². The predicted molar refractivity (Wildman–Crippen MR) is 72.5 cm³/mol. The summed E-state index contributed by atoms with van der Waals surface area (Å²) in [5.41, 5.74) is 0.512. The minimum Gasteiger partial charge on any atom is -0.371 e. The van der Waals surface area contributed by atoms with Gasteiger partial charge in [0.05, 0.1) is 6.61 Å². The molecule has 1 saturated heterocycles. The molecule has 0 radical (unpaired) electrons. The zero-order valence-electron chi connectivity index (χ0n) is 12.7. The van der Waals surface area contributed by atoms with Crippen LogP contribution in [0, 0.1) is 23.2 Å². The van der Waals surface area contributed by atoms with Gasteiger partial charge in [-0.2, -0.15) is 13.2 Å². The van der Waals surface area contributed by atoms with Crippen molar-refractivity contribution in [2.45, 2.75) is 39.8 Å². The first kappa shape index (κ1) is 16.1. The van der Waals surface area contributed by atoms with Gasteiger partial charge in [-0.1, -0.05) is 27.2 Å². The fourth-order valence-electron chi connectivity index (χ4n) is 4.40. The lowest BCUT2D eigenvalue weighted by Crippen LogP contribution is -2.34. The normalized spacial score (nSPS) is 35.1. The highest BCUT2D eigenvalue weighted by atomic mass is 19.4. The summed E-state index contributed by atoms with van der Waals surface area (Å²) in [6.45, 7) is 8.64. The van der Waals surface area contributed by atoms with Crippen molar-refractivity contribution in [1.29, 1.82) is 0 Å². The van der Waals surface area contributed by atoms with Crippen LogP contribution < -0.4 is 0 Å². The predicted octanol–water partition coefficient (Wildman–Crippen LogP) is 3.57. The average molecular weight is 293 g/mol. The molecule has 20 heavy (non-hydrogen) atoms. The molecule has 0 N–H and O–H groups in total. The molecule has 1 saturated carbocycles. The van der Waals surface area contributed by atoms with Crippen LogP contribution in [0.2, 0.25) is 0 Å². The highest BCUT2D eigenvalue weighted by Gasteiger charge is 2.67. The SMILES string of the molecule is CCC(C)C1(CC)C2CN(CCOCC(F)(F)F)CC21. The maximum Gasteiger partial charge on any atom is 0.411 e. The Morgan fingerprint density at radius 1 is 1.25 bits per heavy atom. The van der Waals surface area contributed by atoms with Gasteiger partial charge in [-0.05, 0) is 29.6 Å². The molecular weight excluding hydrogens is 267 g/mol. The number of hydrogen-bond acceptors (Lipinski definition) is 2. The number of rotatable bonds is 7. The average Bonchev–Trinajstić information content (AvgIpc) is 2.78. The molecule has 118 valence electrons. The Morgan fingerprint density at radius 3 is 2.30 bits per heavy atom. The van der Waals surface area contributed by atoms with E-state index in [1.165, 1.54) is 12.8 Å². The molecule has 1 heterocycles. The van der Waals surface area contributed by atoms with Gasteiger partial charge in [-0.15, -0.1) is 0 Å². The van der Waals surface area contributed by atoms with Crippen LogP contribution in [0.15, 0.2) is 0 Å². The second kappa shape index (κ2) is 5.84. The fraction of sp³-hybridized carbons (Fsp3) is 1.00. The smallest absolute Gasteiger partial charge is 0.371 e. The Balaban J connectivity index is 1.70.